The summed E-state index contributed by atoms with van der Waals surface area (Å²) < 4.78 is 5.25. The van der Waals surface area contributed by atoms with Crippen molar-refractivity contribution >= 4 is 22.4 Å². The first-order chi connectivity index (χ1) is 13.2. The molecular weight excluding hydrogens is 334 g/mol. The van der Waals surface area contributed by atoms with Crippen LogP contribution in [0.5, 0.6) is 0 Å². The first-order valence-electron chi connectivity index (χ1n) is 9.69. The van der Waals surface area contributed by atoms with E-state index in [1.807, 2.05) is 6.92 Å². The standard InChI is InChI=1S/C24H25NO2/c1-3-27-23(26)16-22-17(2)14-18-8-4-5-11-21(18)24(22)19-9-6-10-20(15-19)25-12-7-13-25/h4-6,8-11,14-15H,3,7,12-13,16H2,1-2H3. The Morgan fingerprint density at radius 1 is 1.07 bits per heavy atom. The number of hydrogen-bond acceptors (Lipinski definition) is 3. The molecule has 0 unspecified atom stereocenters. The van der Waals surface area contributed by atoms with Crippen LogP contribution in [-0.4, -0.2) is 25.7 Å². The molecule has 0 atom stereocenters. The molecule has 3 aromatic carbocycles. The Morgan fingerprint density at radius 3 is 2.63 bits per heavy atom. The summed E-state index contributed by atoms with van der Waals surface area (Å²) in [6.07, 6.45) is 1.56. The minimum atomic E-state index is -0.170. The molecule has 0 radical (unpaired) electrons. The molecule has 0 aliphatic carbocycles. The Labute approximate surface area is 160 Å². The number of nitrogens with zero attached hydrogens (tertiary/aromatic N) is 1. The fourth-order valence-corrected chi connectivity index (χ4v) is 3.88. The van der Waals surface area contributed by atoms with E-state index >= 15 is 0 Å². The van der Waals surface area contributed by atoms with Gasteiger partial charge in [0.15, 0.2) is 0 Å². The van der Waals surface area contributed by atoms with Gasteiger partial charge in [-0.05, 0) is 65.4 Å². The van der Waals surface area contributed by atoms with E-state index in [9.17, 15) is 4.79 Å². The lowest BCUT2D eigenvalue weighted by Gasteiger charge is -2.33. The van der Waals surface area contributed by atoms with E-state index in [2.05, 4.69) is 66.4 Å². The van der Waals surface area contributed by atoms with E-state index in [1.165, 1.54) is 28.4 Å². The highest BCUT2D eigenvalue weighted by molar-refractivity contribution is 6.00. The average Bonchev–Trinajstić information content (AvgIpc) is 2.61. The van der Waals surface area contributed by atoms with Gasteiger partial charge < -0.3 is 9.64 Å². The van der Waals surface area contributed by atoms with Crippen LogP contribution in [0.25, 0.3) is 21.9 Å². The molecule has 0 amide bonds. The maximum absolute atomic E-state index is 12.3. The van der Waals surface area contributed by atoms with Crippen LogP contribution in [0.4, 0.5) is 5.69 Å². The fraction of sp³-hybridized carbons (Fsp3) is 0.292. The number of esters is 1. The largest absolute Gasteiger partial charge is 0.466 e. The van der Waals surface area contributed by atoms with Crippen molar-refractivity contribution in [2.75, 3.05) is 24.6 Å². The van der Waals surface area contributed by atoms with Gasteiger partial charge in [0.25, 0.3) is 0 Å². The Hall–Kier alpha value is -2.81. The van der Waals surface area contributed by atoms with E-state index in [0.29, 0.717) is 13.0 Å². The normalized spacial score (nSPS) is 13.5. The van der Waals surface area contributed by atoms with Crippen LogP contribution >= 0.6 is 0 Å². The van der Waals surface area contributed by atoms with Crippen LogP contribution in [0.3, 0.4) is 0 Å². The van der Waals surface area contributed by atoms with Crippen LogP contribution in [0.2, 0.25) is 0 Å². The quantitative estimate of drug-likeness (QED) is 0.591. The number of carbonyl (C=O) groups is 1. The van der Waals surface area contributed by atoms with E-state index in [1.54, 1.807) is 0 Å². The van der Waals surface area contributed by atoms with Crippen molar-refractivity contribution in [1.29, 1.82) is 0 Å². The minimum absolute atomic E-state index is 0.170. The van der Waals surface area contributed by atoms with E-state index in [0.717, 1.165) is 29.8 Å². The predicted molar refractivity (Wildman–Crippen MR) is 111 cm³/mol. The van der Waals surface area contributed by atoms with E-state index in [4.69, 9.17) is 4.74 Å². The SMILES string of the molecule is CCOC(=O)Cc1c(C)cc2ccccc2c1-c1cccc(N2CCC2)c1. The van der Waals surface area contributed by atoms with Crippen LogP contribution < -0.4 is 4.90 Å². The second-order valence-corrected chi connectivity index (χ2v) is 7.14. The summed E-state index contributed by atoms with van der Waals surface area (Å²) in [5.41, 5.74) is 5.77. The zero-order valence-corrected chi connectivity index (χ0v) is 16.0. The van der Waals surface area contributed by atoms with Gasteiger partial charge in [0.2, 0.25) is 0 Å². The van der Waals surface area contributed by atoms with E-state index < -0.39 is 0 Å². The van der Waals surface area contributed by atoms with Gasteiger partial charge in [0.1, 0.15) is 0 Å². The van der Waals surface area contributed by atoms with Gasteiger partial charge in [-0.1, -0.05) is 42.5 Å². The summed E-state index contributed by atoms with van der Waals surface area (Å²) in [6.45, 7) is 6.58. The average molecular weight is 359 g/mol. The number of rotatable bonds is 5. The topological polar surface area (TPSA) is 29.5 Å². The molecule has 0 bridgehead atoms. The number of fused-ring (bicyclic) bond motifs is 1. The van der Waals surface area contributed by atoms with E-state index in [-0.39, 0.29) is 5.97 Å². The molecule has 3 aromatic rings. The molecule has 0 saturated carbocycles. The summed E-state index contributed by atoms with van der Waals surface area (Å²) in [7, 11) is 0. The molecule has 1 aliphatic heterocycles. The summed E-state index contributed by atoms with van der Waals surface area (Å²) >= 11 is 0. The van der Waals surface area contributed by atoms with Gasteiger partial charge in [-0.2, -0.15) is 0 Å². The molecule has 0 aromatic heterocycles. The first-order valence-corrected chi connectivity index (χ1v) is 9.69. The van der Waals surface area contributed by atoms with Crippen molar-refractivity contribution in [3.8, 4) is 11.1 Å². The molecule has 0 N–H and O–H groups in total. The summed E-state index contributed by atoms with van der Waals surface area (Å²) in [6, 6.07) is 19.3. The second-order valence-electron chi connectivity index (χ2n) is 7.14. The zero-order chi connectivity index (χ0) is 18.8. The van der Waals surface area contributed by atoms with Crippen molar-refractivity contribution in [3.63, 3.8) is 0 Å². The Kier molecular flexibility index (Phi) is 4.85. The first kappa shape index (κ1) is 17.6. The number of ether oxygens (including phenoxy) is 1. The minimum Gasteiger partial charge on any atom is -0.466 e. The predicted octanol–water partition coefficient (Wildman–Crippen LogP) is 5.13. The van der Waals surface area contributed by atoms with Crippen LogP contribution in [0.15, 0.2) is 54.6 Å². The lowest BCUT2D eigenvalue weighted by Crippen LogP contribution is -2.36. The maximum Gasteiger partial charge on any atom is 0.310 e. The molecule has 1 heterocycles. The molecule has 1 saturated heterocycles. The van der Waals surface area contributed by atoms with Crippen molar-refractivity contribution in [3.05, 3.63) is 65.7 Å². The van der Waals surface area contributed by atoms with Crippen LogP contribution in [0.1, 0.15) is 24.5 Å². The number of hydrogen-bond donors (Lipinski definition) is 0. The molecule has 138 valence electrons. The smallest absolute Gasteiger partial charge is 0.310 e. The van der Waals surface area contributed by atoms with Crippen LogP contribution in [0, 0.1) is 6.92 Å². The van der Waals surface area contributed by atoms with Crippen molar-refractivity contribution in [2.45, 2.75) is 26.7 Å². The molecular formula is C24H25NO2. The number of aryl methyl sites for hydroxylation is 1. The van der Waals surface area contributed by atoms with Gasteiger partial charge in [-0.25, -0.2) is 0 Å². The molecule has 1 fully saturated rings. The van der Waals surface area contributed by atoms with Crippen molar-refractivity contribution in [2.24, 2.45) is 0 Å². The fourth-order valence-electron chi connectivity index (χ4n) is 3.88. The Morgan fingerprint density at radius 2 is 1.89 bits per heavy atom. The number of benzene rings is 3. The highest BCUT2D eigenvalue weighted by atomic mass is 16.5. The summed E-state index contributed by atoms with van der Waals surface area (Å²) in [4.78, 5) is 14.7. The maximum atomic E-state index is 12.3. The van der Waals surface area contributed by atoms with Gasteiger partial charge >= 0.3 is 5.97 Å². The molecule has 3 nitrogen and oxygen atoms in total. The number of carbonyl (C=O) groups excluding carboxylic acids is 1. The molecule has 0 spiro atoms. The van der Waals surface area contributed by atoms with Gasteiger partial charge in [-0.15, -0.1) is 0 Å². The monoisotopic (exact) mass is 359 g/mol. The lowest BCUT2D eigenvalue weighted by molar-refractivity contribution is -0.142. The van der Waals surface area contributed by atoms with Gasteiger partial charge in [-0.3, -0.25) is 4.79 Å². The van der Waals surface area contributed by atoms with Crippen molar-refractivity contribution < 1.29 is 9.53 Å². The highest BCUT2D eigenvalue weighted by Gasteiger charge is 2.19. The van der Waals surface area contributed by atoms with Gasteiger partial charge in [0, 0.05) is 18.8 Å². The molecule has 1 aliphatic rings. The number of anilines is 1. The molecule has 27 heavy (non-hydrogen) atoms. The third kappa shape index (κ3) is 3.42. The second kappa shape index (κ2) is 7.43. The summed E-state index contributed by atoms with van der Waals surface area (Å²) in [5, 5.41) is 2.38. The third-order valence-electron chi connectivity index (χ3n) is 5.36. The zero-order valence-electron chi connectivity index (χ0n) is 16.0. The lowest BCUT2D eigenvalue weighted by atomic mass is 9.88. The van der Waals surface area contributed by atoms with Crippen LogP contribution in [-0.2, 0) is 16.0 Å². The van der Waals surface area contributed by atoms with Gasteiger partial charge in [0.05, 0.1) is 13.0 Å². The summed E-state index contributed by atoms with van der Waals surface area (Å²) in [5.74, 6) is -0.170. The Bertz CT molecular complexity index is 989. The Balaban J connectivity index is 1.90. The molecule has 4 rings (SSSR count). The third-order valence-corrected chi connectivity index (χ3v) is 5.36. The highest BCUT2D eigenvalue weighted by Crippen LogP contribution is 2.37. The van der Waals surface area contributed by atoms with Crippen molar-refractivity contribution in [1.82, 2.24) is 0 Å². The molecule has 3 heteroatoms.